The minimum absolute atomic E-state index is 0.0640. The van der Waals surface area contributed by atoms with Crippen LogP contribution in [0, 0.1) is 5.82 Å². The zero-order valence-electron chi connectivity index (χ0n) is 15.1. The number of amides is 3. The topological polar surface area (TPSA) is 61.4 Å². The van der Waals surface area contributed by atoms with Gasteiger partial charge in [-0.15, -0.1) is 11.8 Å². The van der Waals surface area contributed by atoms with Gasteiger partial charge in [0.25, 0.3) is 0 Å². The van der Waals surface area contributed by atoms with Crippen LogP contribution < -0.4 is 10.6 Å². The van der Waals surface area contributed by atoms with Crippen molar-refractivity contribution in [3.05, 3.63) is 59.9 Å². The molecule has 142 valence electrons. The number of rotatable bonds is 5. The van der Waals surface area contributed by atoms with Crippen LogP contribution in [-0.4, -0.2) is 36.5 Å². The summed E-state index contributed by atoms with van der Waals surface area (Å²) >= 11 is 1.47. The molecule has 1 atom stereocenters. The predicted molar refractivity (Wildman–Crippen MR) is 105 cm³/mol. The first-order valence-corrected chi connectivity index (χ1v) is 9.78. The number of urea groups is 1. The summed E-state index contributed by atoms with van der Waals surface area (Å²) in [5.74, 6) is 0.343. The number of hydrogen-bond acceptors (Lipinski definition) is 3. The van der Waals surface area contributed by atoms with Crippen molar-refractivity contribution in [1.82, 2.24) is 10.2 Å². The van der Waals surface area contributed by atoms with E-state index < -0.39 is 0 Å². The highest BCUT2D eigenvalue weighted by Crippen LogP contribution is 2.30. The number of piperidine rings is 1. The van der Waals surface area contributed by atoms with E-state index in [1.165, 1.54) is 17.8 Å². The number of carbonyl (C=O) groups is 2. The third kappa shape index (κ3) is 5.23. The molecule has 1 saturated heterocycles. The maximum absolute atomic E-state index is 13.8. The van der Waals surface area contributed by atoms with Gasteiger partial charge in [-0.05, 0) is 30.2 Å². The number of likely N-dealkylation sites (tertiary alicyclic amines) is 1. The van der Waals surface area contributed by atoms with E-state index in [1.807, 2.05) is 30.3 Å². The number of hydrogen-bond donors (Lipinski definition) is 2. The monoisotopic (exact) mass is 387 g/mol. The summed E-state index contributed by atoms with van der Waals surface area (Å²) in [6.07, 6.45) is 1.08. The van der Waals surface area contributed by atoms with E-state index in [4.69, 9.17) is 0 Å². The highest BCUT2D eigenvalue weighted by Gasteiger charge is 2.24. The third-order valence-corrected chi connectivity index (χ3v) is 5.56. The van der Waals surface area contributed by atoms with Crippen LogP contribution in [0.3, 0.4) is 0 Å². The van der Waals surface area contributed by atoms with Gasteiger partial charge in [-0.3, -0.25) is 4.79 Å². The molecule has 5 nitrogen and oxygen atoms in total. The van der Waals surface area contributed by atoms with Crippen LogP contribution in [0.2, 0.25) is 0 Å². The van der Waals surface area contributed by atoms with Crippen LogP contribution in [0.4, 0.5) is 14.9 Å². The quantitative estimate of drug-likeness (QED) is 0.766. The minimum Gasteiger partial charge on any atom is -0.344 e. The van der Waals surface area contributed by atoms with Crippen molar-refractivity contribution in [1.29, 1.82) is 0 Å². The van der Waals surface area contributed by atoms with E-state index in [0.29, 0.717) is 36.4 Å². The maximum Gasteiger partial charge on any atom is 0.319 e. The maximum atomic E-state index is 13.8. The molecule has 27 heavy (non-hydrogen) atoms. The van der Waals surface area contributed by atoms with Crippen molar-refractivity contribution in [2.24, 2.45) is 0 Å². The molecule has 2 N–H and O–H groups in total. The molecule has 0 spiro atoms. The molecular formula is C20H22FN3O2S. The smallest absolute Gasteiger partial charge is 0.319 e. The summed E-state index contributed by atoms with van der Waals surface area (Å²) in [4.78, 5) is 26.4. The standard InChI is InChI=1S/C20H22FN3O2S/c1-24-12-15(10-11-19(24)25)22-20(26)23-17-8-4-5-9-18(17)27-13-14-6-2-3-7-16(14)21/h2-9,15H,10-13H2,1H3,(H2,22,23,26)/t15-/m0/s1. The van der Waals surface area contributed by atoms with E-state index in [9.17, 15) is 14.0 Å². The van der Waals surface area contributed by atoms with E-state index >= 15 is 0 Å². The largest absolute Gasteiger partial charge is 0.344 e. The fourth-order valence-electron chi connectivity index (χ4n) is 2.94. The molecule has 1 aliphatic heterocycles. The Bertz CT molecular complexity index is 830. The Labute approximate surface area is 162 Å². The highest BCUT2D eigenvalue weighted by molar-refractivity contribution is 7.98. The lowest BCUT2D eigenvalue weighted by atomic mass is 10.1. The number of thioether (sulfide) groups is 1. The van der Waals surface area contributed by atoms with E-state index in [0.717, 1.165) is 4.90 Å². The lowest BCUT2D eigenvalue weighted by Gasteiger charge is -2.30. The highest BCUT2D eigenvalue weighted by atomic mass is 32.2. The van der Waals surface area contributed by atoms with Crippen molar-refractivity contribution in [2.75, 3.05) is 18.9 Å². The summed E-state index contributed by atoms with van der Waals surface area (Å²) in [6, 6.07) is 13.7. The van der Waals surface area contributed by atoms with E-state index in [2.05, 4.69) is 10.6 Å². The van der Waals surface area contributed by atoms with E-state index in [1.54, 1.807) is 24.1 Å². The lowest BCUT2D eigenvalue weighted by molar-refractivity contribution is -0.132. The number of halogens is 1. The van der Waals surface area contributed by atoms with Crippen LogP contribution in [0.15, 0.2) is 53.4 Å². The zero-order chi connectivity index (χ0) is 19.2. The van der Waals surface area contributed by atoms with Crippen LogP contribution in [0.25, 0.3) is 0 Å². The Morgan fingerprint density at radius 3 is 2.74 bits per heavy atom. The van der Waals surface area contributed by atoms with Gasteiger partial charge in [0.2, 0.25) is 5.91 Å². The second kappa shape index (κ2) is 8.90. The second-order valence-corrected chi connectivity index (χ2v) is 7.50. The molecule has 7 heteroatoms. The minimum atomic E-state index is -0.304. The first-order chi connectivity index (χ1) is 13.0. The van der Waals surface area contributed by atoms with Crippen LogP contribution >= 0.6 is 11.8 Å². The van der Waals surface area contributed by atoms with Gasteiger partial charge in [0, 0.05) is 36.7 Å². The van der Waals surface area contributed by atoms with Crippen molar-refractivity contribution in [3.63, 3.8) is 0 Å². The van der Waals surface area contributed by atoms with Gasteiger partial charge in [-0.2, -0.15) is 0 Å². The van der Waals surface area contributed by atoms with Crippen LogP contribution in [0.1, 0.15) is 18.4 Å². The molecule has 1 heterocycles. The molecule has 2 aromatic carbocycles. The van der Waals surface area contributed by atoms with Gasteiger partial charge in [0.15, 0.2) is 0 Å². The Kier molecular flexibility index (Phi) is 6.34. The van der Waals surface area contributed by atoms with Crippen LogP contribution in [0.5, 0.6) is 0 Å². The Morgan fingerprint density at radius 2 is 1.96 bits per heavy atom. The Hall–Kier alpha value is -2.54. The Morgan fingerprint density at radius 1 is 1.22 bits per heavy atom. The van der Waals surface area contributed by atoms with Crippen molar-refractivity contribution in [2.45, 2.75) is 29.5 Å². The first kappa shape index (κ1) is 19.2. The normalized spacial score (nSPS) is 16.9. The number of likely N-dealkylation sites (N-methyl/N-ethyl adjacent to an activating group) is 1. The zero-order valence-corrected chi connectivity index (χ0v) is 15.9. The SMILES string of the molecule is CN1C[C@@H](NC(=O)Nc2ccccc2SCc2ccccc2F)CCC1=O. The molecule has 1 fully saturated rings. The molecule has 0 unspecified atom stereocenters. The van der Waals surface area contributed by atoms with Gasteiger partial charge in [0.05, 0.1) is 5.69 Å². The number of para-hydroxylation sites is 1. The molecule has 2 aromatic rings. The first-order valence-electron chi connectivity index (χ1n) is 8.79. The molecule has 0 aromatic heterocycles. The fraction of sp³-hybridized carbons (Fsp3) is 0.300. The molecule has 3 rings (SSSR count). The van der Waals surface area contributed by atoms with Crippen molar-refractivity contribution >= 4 is 29.4 Å². The van der Waals surface area contributed by atoms with Gasteiger partial charge in [0.1, 0.15) is 5.82 Å². The van der Waals surface area contributed by atoms with Crippen LogP contribution in [-0.2, 0) is 10.5 Å². The molecule has 0 saturated carbocycles. The average Bonchev–Trinajstić information content (AvgIpc) is 2.65. The van der Waals surface area contributed by atoms with Gasteiger partial charge in [-0.1, -0.05) is 30.3 Å². The molecule has 0 radical (unpaired) electrons. The Balaban J connectivity index is 1.59. The second-order valence-electron chi connectivity index (χ2n) is 6.48. The van der Waals surface area contributed by atoms with Gasteiger partial charge >= 0.3 is 6.03 Å². The number of carbonyl (C=O) groups excluding carboxylic acids is 2. The number of nitrogens with zero attached hydrogens (tertiary/aromatic N) is 1. The summed E-state index contributed by atoms with van der Waals surface area (Å²) < 4.78 is 13.8. The molecule has 0 bridgehead atoms. The number of benzene rings is 2. The summed E-state index contributed by atoms with van der Waals surface area (Å²) in [5, 5.41) is 5.78. The van der Waals surface area contributed by atoms with Gasteiger partial charge in [-0.25, -0.2) is 9.18 Å². The van der Waals surface area contributed by atoms with Crippen molar-refractivity contribution < 1.29 is 14.0 Å². The lowest BCUT2D eigenvalue weighted by Crippen LogP contribution is -2.49. The van der Waals surface area contributed by atoms with Gasteiger partial charge < -0.3 is 15.5 Å². The summed E-state index contributed by atoms with van der Waals surface area (Å²) in [7, 11) is 1.74. The molecule has 0 aliphatic carbocycles. The number of nitrogens with one attached hydrogen (secondary N) is 2. The molecule has 1 aliphatic rings. The molecule has 3 amide bonds. The predicted octanol–water partition coefficient (Wildman–Crippen LogP) is 3.86. The van der Waals surface area contributed by atoms with E-state index in [-0.39, 0.29) is 23.8 Å². The van der Waals surface area contributed by atoms with Crippen molar-refractivity contribution in [3.8, 4) is 0 Å². The fourth-order valence-corrected chi connectivity index (χ4v) is 3.94. The molecular weight excluding hydrogens is 365 g/mol. The summed E-state index contributed by atoms with van der Waals surface area (Å²) in [6.45, 7) is 0.510. The number of anilines is 1. The summed E-state index contributed by atoms with van der Waals surface area (Å²) in [5.41, 5.74) is 1.30. The average molecular weight is 387 g/mol. The third-order valence-electron chi connectivity index (χ3n) is 4.44.